The van der Waals surface area contributed by atoms with Crippen LogP contribution in [-0.2, 0) is 0 Å². The van der Waals surface area contributed by atoms with Gasteiger partial charge in [-0.05, 0) is 60.9 Å². The summed E-state index contributed by atoms with van der Waals surface area (Å²) in [5, 5.41) is 12.7. The van der Waals surface area contributed by atoms with Gasteiger partial charge in [0.15, 0.2) is 0 Å². The minimum Gasteiger partial charge on any atom is -0.387 e. The van der Waals surface area contributed by atoms with Crippen molar-refractivity contribution >= 4 is 11.3 Å². The highest BCUT2D eigenvalue weighted by Crippen LogP contribution is 2.46. The van der Waals surface area contributed by atoms with E-state index in [1.807, 2.05) is 0 Å². The van der Waals surface area contributed by atoms with Crippen LogP contribution in [0.5, 0.6) is 0 Å². The molecule has 18 heavy (non-hydrogen) atoms. The third-order valence-corrected chi connectivity index (χ3v) is 6.29. The third-order valence-electron chi connectivity index (χ3n) is 5.20. The van der Waals surface area contributed by atoms with Gasteiger partial charge in [0.25, 0.3) is 0 Å². The van der Waals surface area contributed by atoms with Crippen LogP contribution in [0.4, 0.5) is 0 Å². The van der Waals surface area contributed by atoms with Crippen LogP contribution in [0.3, 0.4) is 0 Å². The van der Waals surface area contributed by atoms with Crippen LogP contribution >= 0.6 is 11.3 Å². The van der Waals surface area contributed by atoms with Crippen LogP contribution < -0.4 is 0 Å². The van der Waals surface area contributed by atoms with E-state index in [0.29, 0.717) is 5.92 Å². The van der Waals surface area contributed by atoms with Crippen LogP contribution in [0.1, 0.15) is 61.5 Å². The third kappa shape index (κ3) is 2.37. The summed E-state index contributed by atoms with van der Waals surface area (Å²) in [5.41, 5.74) is 1.28. The smallest absolute Gasteiger partial charge is 0.0912 e. The topological polar surface area (TPSA) is 20.2 Å². The molecule has 1 aromatic rings. The molecule has 0 aromatic carbocycles. The summed E-state index contributed by atoms with van der Waals surface area (Å²) in [4.78, 5) is 1.22. The van der Waals surface area contributed by atoms with Crippen molar-refractivity contribution in [2.45, 2.75) is 58.0 Å². The van der Waals surface area contributed by atoms with Crippen molar-refractivity contribution in [1.82, 2.24) is 0 Å². The summed E-state index contributed by atoms with van der Waals surface area (Å²) in [7, 11) is 0. The van der Waals surface area contributed by atoms with E-state index in [4.69, 9.17) is 0 Å². The van der Waals surface area contributed by atoms with E-state index in [2.05, 4.69) is 18.4 Å². The van der Waals surface area contributed by atoms with Gasteiger partial charge >= 0.3 is 0 Å². The molecule has 1 N–H and O–H groups in total. The first kappa shape index (κ1) is 12.7. The number of aliphatic hydroxyl groups is 1. The fourth-order valence-corrected chi connectivity index (χ4v) is 5.10. The maximum atomic E-state index is 10.6. The van der Waals surface area contributed by atoms with Gasteiger partial charge in [0.2, 0.25) is 0 Å². The van der Waals surface area contributed by atoms with Gasteiger partial charge < -0.3 is 5.11 Å². The average Bonchev–Trinajstić information content (AvgIpc) is 2.83. The molecule has 1 nitrogen and oxygen atoms in total. The van der Waals surface area contributed by atoms with E-state index >= 15 is 0 Å². The van der Waals surface area contributed by atoms with Crippen LogP contribution in [0.2, 0.25) is 0 Å². The molecule has 2 fully saturated rings. The summed E-state index contributed by atoms with van der Waals surface area (Å²) in [6, 6.07) is 2.13. The normalized spacial score (nSPS) is 34.0. The fraction of sp³-hybridized carbons (Fsp3) is 0.750. The zero-order chi connectivity index (χ0) is 12.5. The zero-order valence-electron chi connectivity index (χ0n) is 11.3. The molecule has 0 saturated heterocycles. The molecule has 0 bridgehead atoms. The lowest BCUT2D eigenvalue weighted by atomic mass is 9.66. The molecule has 100 valence electrons. The van der Waals surface area contributed by atoms with Crippen LogP contribution in [-0.4, -0.2) is 5.11 Å². The lowest BCUT2D eigenvalue weighted by molar-refractivity contribution is 0.0365. The molecule has 4 unspecified atom stereocenters. The molecule has 4 atom stereocenters. The Morgan fingerprint density at radius 3 is 2.67 bits per heavy atom. The molecule has 3 rings (SSSR count). The first-order valence-corrected chi connectivity index (χ1v) is 8.35. The molecule has 2 heteroatoms. The number of thiophene rings is 1. The number of rotatable bonds is 2. The predicted molar refractivity (Wildman–Crippen MR) is 76.8 cm³/mol. The lowest BCUT2D eigenvalue weighted by Gasteiger charge is -2.40. The van der Waals surface area contributed by atoms with Crippen molar-refractivity contribution < 1.29 is 5.11 Å². The Kier molecular flexibility index (Phi) is 3.76. The van der Waals surface area contributed by atoms with Gasteiger partial charge in [-0.25, -0.2) is 0 Å². The summed E-state index contributed by atoms with van der Waals surface area (Å²) in [6.07, 6.45) is 9.39. The Labute approximate surface area is 114 Å². The highest BCUT2D eigenvalue weighted by molar-refractivity contribution is 7.10. The predicted octanol–water partition coefficient (Wildman–Crippen LogP) is 4.70. The Morgan fingerprint density at radius 2 is 1.94 bits per heavy atom. The molecule has 2 saturated carbocycles. The maximum absolute atomic E-state index is 10.6. The van der Waals surface area contributed by atoms with E-state index < -0.39 is 0 Å². The van der Waals surface area contributed by atoms with Gasteiger partial charge in [0.05, 0.1) is 6.10 Å². The summed E-state index contributed by atoms with van der Waals surface area (Å²) in [6.45, 7) is 2.13. The monoisotopic (exact) mass is 264 g/mol. The standard InChI is InChI=1S/C16H24OS/c1-11-8-9-18-16(11)15(17)14-7-6-12-4-2-3-5-13(12)10-14/h8-9,12-15,17H,2-7,10H2,1H3. The van der Waals surface area contributed by atoms with Gasteiger partial charge in [-0.3, -0.25) is 0 Å². The quantitative estimate of drug-likeness (QED) is 0.821. The van der Waals surface area contributed by atoms with Crippen molar-refractivity contribution in [3.05, 3.63) is 21.9 Å². The van der Waals surface area contributed by atoms with Crippen molar-refractivity contribution in [2.75, 3.05) is 0 Å². The molecule has 2 aliphatic rings. The fourth-order valence-electron chi connectivity index (χ4n) is 4.10. The number of fused-ring (bicyclic) bond motifs is 1. The highest BCUT2D eigenvalue weighted by Gasteiger charge is 2.35. The van der Waals surface area contributed by atoms with Crippen molar-refractivity contribution in [3.8, 4) is 0 Å². The Morgan fingerprint density at radius 1 is 1.17 bits per heavy atom. The number of hydrogen-bond donors (Lipinski definition) is 1. The number of aliphatic hydroxyl groups excluding tert-OH is 1. The molecule has 2 aliphatic carbocycles. The van der Waals surface area contributed by atoms with E-state index in [-0.39, 0.29) is 6.10 Å². The van der Waals surface area contributed by atoms with Crippen molar-refractivity contribution in [3.63, 3.8) is 0 Å². The molecular weight excluding hydrogens is 240 g/mol. The van der Waals surface area contributed by atoms with E-state index in [0.717, 1.165) is 11.8 Å². The van der Waals surface area contributed by atoms with E-state index in [1.54, 1.807) is 11.3 Å². The van der Waals surface area contributed by atoms with Gasteiger partial charge in [0.1, 0.15) is 0 Å². The van der Waals surface area contributed by atoms with Gasteiger partial charge in [0, 0.05) is 4.88 Å². The molecule has 0 aliphatic heterocycles. The minimum atomic E-state index is -0.201. The zero-order valence-corrected chi connectivity index (χ0v) is 12.1. The molecular formula is C16H24OS. The number of aryl methyl sites for hydroxylation is 1. The highest BCUT2D eigenvalue weighted by atomic mass is 32.1. The molecule has 0 spiro atoms. The van der Waals surface area contributed by atoms with Crippen LogP contribution in [0.25, 0.3) is 0 Å². The Hall–Kier alpha value is -0.340. The first-order chi connectivity index (χ1) is 8.75. The lowest BCUT2D eigenvalue weighted by Crippen LogP contribution is -2.30. The summed E-state index contributed by atoms with van der Waals surface area (Å²) < 4.78 is 0. The second-order valence-corrected chi connectivity index (χ2v) is 7.24. The van der Waals surface area contributed by atoms with Crippen LogP contribution in [0, 0.1) is 24.7 Å². The largest absolute Gasteiger partial charge is 0.387 e. The Bertz CT molecular complexity index is 398. The van der Waals surface area contributed by atoms with Gasteiger partial charge in [-0.2, -0.15) is 0 Å². The second-order valence-electron chi connectivity index (χ2n) is 6.29. The number of hydrogen-bond acceptors (Lipinski definition) is 2. The summed E-state index contributed by atoms with van der Waals surface area (Å²) in [5.74, 6) is 2.40. The maximum Gasteiger partial charge on any atom is 0.0912 e. The van der Waals surface area contributed by atoms with Crippen molar-refractivity contribution in [1.29, 1.82) is 0 Å². The minimum absolute atomic E-state index is 0.201. The Balaban J connectivity index is 1.68. The second kappa shape index (κ2) is 5.34. The van der Waals surface area contributed by atoms with E-state index in [1.165, 1.54) is 55.4 Å². The van der Waals surface area contributed by atoms with Gasteiger partial charge in [-0.1, -0.05) is 25.7 Å². The average molecular weight is 264 g/mol. The van der Waals surface area contributed by atoms with Crippen molar-refractivity contribution in [2.24, 2.45) is 17.8 Å². The molecule has 0 radical (unpaired) electrons. The summed E-state index contributed by atoms with van der Waals surface area (Å²) >= 11 is 1.73. The first-order valence-electron chi connectivity index (χ1n) is 7.47. The molecule has 1 aromatic heterocycles. The van der Waals surface area contributed by atoms with Gasteiger partial charge in [-0.15, -0.1) is 11.3 Å². The van der Waals surface area contributed by atoms with Crippen LogP contribution in [0.15, 0.2) is 11.4 Å². The molecule has 0 amide bonds. The van der Waals surface area contributed by atoms with E-state index in [9.17, 15) is 5.11 Å². The SMILES string of the molecule is Cc1ccsc1C(O)C1CCC2CCCCC2C1. The molecule has 1 heterocycles.